The Kier molecular flexibility index (Phi) is 5.37. The molecule has 0 fully saturated rings. The molecule has 3 rings (SSSR count). The normalized spacial score (nSPS) is 10.7. The lowest BCUT2D eigenvalue weighted by Gasteiger charge is -2.12. The molecule has 0 unspecified atom stereocenters. The number of hydrogen-bond acceptors (Lipinski definition) is 5. The van der Waals surface area contributed by atoms with Crippen LogP contribution in [0.3, 0.4) is 0 Å². The average Bonchev–Trinajstić information content (AvgIpc) is 2.66. The van der Waals surface area contributed by atoms with Crippen LogP contribution in [0.15, 0.2) is 45.6 Å². The third kappa shape index (κ3) is 3.84. The number of amides is 2. The van der Waals surface area contributed by atoms with Crippen molar-refractivity contribution in [1.29, 1.82) is 0 Å². The van der Waals surface area contributed by atoms with Gasteiger partial charge in [0.2, 0.25) is 0 Å². The van der Waals surface area contributed by atoms with E-state index in [0.717, 1.165) is 5.56 Å². The van der Waals surface area contributed by atoms with Gasteiger partial charge < -0.3 is 20.2 Å². The zero-order valence-electron chi connectivity index (χ0n) is 15.2. The van der Waals surface area contributed by atoms with Crippen LogP contribution >= 0.6 is 11.6 Å². The SMILES string of the molecule is Cc1c(C)c2cc(Cl)c(OCC(=O)Nc3ccccc3C(N)=O)cc2oc1=O. The summed E-state index contributed by atoms with van der Waals surface area (Å²) < 4.78 is 10.7. The average molecular weight is 401 g/mol. The van der Waals surface area contributed by atoms with Crippen LogP contribution in [0.25, 0.3) is 11.0 Å². The molecule has 0 aliphatic carbocycles. The maximum Gasteiger partial charge on any atom is 0.339 e. The fourth-order valence-corrected chi connectivity index (χ4v) is 2.91. The van der Waals surface area contributed by atoms with E-state index in [1.807, 2.05) is 0 Å². The van der Waals surface area contributed by atoms with E-state index in [4.69, 9.17) is 26.5 Å². The summed E-state index contributed by atoms with van der Waals surface area (Å²) in [5.74, 6) is -0.972. The van der Waals surface area contributed by atoms with Gasteiger partial charge in [-0.15, -0.1) is 0 Å². The molecular weight excluding hydrogens is 384 g/mol. The quantitative estimate of drug-likeness (QED) is 0.639. The van der Waals surface area contributed by atoms with Crippen LogP contribution in [0.4, 0.5) is 5.69 Å². The van der Waals surface area contributed by atoms with E-state index in [1.54, 1.807) is 38.1 Å². The topological polar surface area (TPSA) is 112 Å². The van der Waals surface area contributed by atoms with Crippen LogP contribution in [0.2, 0.25) is 5.02 Å². The van der Waals surface area contributed by atoms with E-state index in [2.05, 4.69) is 5.32 Å². The van der Waals surface area contributed by atoms with Gasteiger partial charge in [-0.1, -0.05) is 23.7 Å². The molecule has 28 heavy (non-hydrogen) atoms. The van der Waals surface area contributed by atoms with E-state index in [9.17, 15) is 14.4 Å². The molecule has 3 aromatic rings. The number of halogens is 1. The van der Waals surface area contributed by atoms with Gasteiger partial charge in [-0.2, -0.15) is 0 Å². The molecule has 0 aliphatic rings. The number of nitrogens with one attached hydrogen (secondary N) is 1. The monoisotopic (exact) mass is 400 g/mol. The second-order valence-corrected chi connectivity index (χ2v) is 6.57. The minimum absolute atomic E-state index is 0.187. The summed E-state index contributed by atoms with van der Waals surface area (Å²) >= 11 is 6.24. The van der Waals surface area contributed by atoms with Gasteiger partial charge in [-0.3, -0.25) is 9.59 Å². The largest absolute Gasteiger partial charge is 0.482 e. The van der Waals surface area contributed by atoms with Gasteiger partial charge in [-0.25, -0.2) is 4.79 Å². The maximum absolute atomic E-state index is 12.2. The number of nitrogens with two attached hydrogens (primary N) is 1. The van der Waals surface area contributed by atoms with Gasteiger partial charge in [0.15, 0.2) is 6.61 Å². The molecule has 1 heterocycles. The molecule has 2 amide bonds. The minimum atomic E-state index is -0.657. The van der Waals surface area contributed by atoms with Gasteiger partial charge in [-0.05, 0) is 37.6 Å². The second kappa shape index (κ2) is 7.74. The van der Waals surface area contributed by atoms with Gasteiger partial charge in [0.1, 0.15) is 11.3 Å². The van der Waals surface area contributed by atoms with Crippen molar-refractivity contribution in [3.05, 3.63) is 68.5 Å². The lowest BCUT2D eigenvalue weighted by atomic mass is 10.1. The third-order valence-corrected chi connectivity index (χ3v) is 4.63. The number of carbonyl (C=O) groups excluding carboxylic acids is 2. The zero-order chi connectivity index (χ0) is 20.4. The Labute approximate surface area is 165 Å². The molecule has 144 valence electrons. The molecule has 0 aliphatic heterocycles. The Morgan fingerprint density at radius 2 is 1.89 bits per heavy atom. The number of carbonyl (C=O) groups is 2. The van der Waals surface area contributed by atoms with Crippen LogP contribution in [0.1, 0.15) is 21.5 Å². The summed E-state index contributed by atoms with van der Waals surface area (Å²) in [6.07, 6.45) is 0. The molecule has 0 bridgehead atoms. The number of rotatable bonds is 5. The van der Waals surface area contributed by atoms with Gasteiger partial charge in [0.05, 0.1) is 16.3 Å². The van der Waals surface area contributed by atoms with Crippen molar-refractivity contribution in [3.63, 3.8) is 0 Å². The van der Waals surface area contributed by atoms with Gasteiger partial charge in [0.25, 0.3) is 11.8 Å². The summed E-state index contributed by atoms with van der Waals surface area (Å²) in [4.78, 5) is 35.5. The van der Waals surface area contributed by atoms with Crippen LogP contribution < -0.4 is 21.4 Å². The highest BCUT2D eigenvalue weighted by atomic mass is 35.5. The number of fused-ring (bicyclic) bond motifs is 1. The molecule has 8 heteroatoms. The highest BCUT2D eigenvalue weighted by Crippen LogP contribution is 2.31. The fraction of sp³-hybridized carbons (Fsp3) is 0.150. The highest BCUT2D eigenvalue weighted by Gasteiger charge is 2.14. The Balaban J connectivity index is 1.79. The molecular formula is C20H17ClN2O5. The number of primary amides is 1. The van der Waals surface area contributed by atoms with Crippen molar-refractivity contribution in [2.45, 2.75) is 13.8 Å². The molecule has 0 saturated carbocycles. The molecule has 0 spiro atoms. The number of anilines is 1. The standard InChI is InChI=1S/C20H17ClN2O5/c1-10-11(2)20(26)28-16-8-17(14(21)7-13(10)16)27-9-18(24)23-15-6-4-3-5-12(15)19(22)25/h3-8H,9H2,1-2H3,(H2,22,25)(H,23,24). The Morgan fingerprint density at radius 1 is 1.18 bits per heavy atom. The number of hydrogen-bond donors (Lipinski definition) is 2. The van der Waals surface area contributed by atoms with Crippen LogP contribution in [-0.2, 0) is 4.79 Å². The van der Waals surface area contributed by atoms with E-state index < -0.39 is 17.4 Å². The van der Waals surface area contributed by atoms with E-state index >= 15 is 0 Å². The summed E-state index contributed by atoms with van der Waals surface area (Å²) in [5.41, 5.74) is 6.89. The van der Waals surface area contributed by atoms with E-state index in [-0.39, 0.29) is 28.6 Å². The lowest BCUT2D eigenvalue weighted by Crippen LogP contribution is -2.23. The predicted molar refractivity (Wildman–Crippen MR) is 106 cm³/mol. The molecule has 2 aromatic carbocycles. The first kappa shape index (κ1) is 19.4. The Hall–Kier alpha value is -3.32. The maximum atomic E-state index is 12.2. The first-order valence-corrected chi connectivity index (χ1v) is 8.70. The molecule has 0 saturated heterocycles. The predicted octanol–water partition coefficient (Wildman–Crippen LogP) is 3.18. The minimum Gasteiger partial charge on any atom is -0.482 e. The first-order valence-electron chi connectivity index (χ1n) is 8.33. The van der Waals surface area contributed by atoms with Crippen LogP contribution in [-0.4, -0.2) is 18.4 Å². The van der Waals surface area contributed by atoms with Gasteiger partial charge >= 0.3 is 5.63 Å². The second-order valence-electron chi connectivity index (χ2n) is 6.16. The summed E-state index contributed by atoms with van der Waals surface area (Å²) in [7, 11) is 0. The van der Waals surface area contributed by atoms with Gasteiger partial charge in [0, 0.05) is 17.0 Å². The van der Waals surface area contributed by atoms with E-state index in [1.165, 1.54) is 12.1 Å². The zero-order valence-corrected chi connectivity index (χ0v) is 15.9. The van der Waals surface area contributed by atoms with Crippen molar-refractivity contribution < 1.29 is 18.7 Å². The molecule has 0 radical (unpaired) electrons. The van der Waals surface area contributed by atoms with Crippen molar-refractivity contribution in [2.75, 3.05) is 11.9 Å². The molecule has 7 nitrogen and oxygen atoms in total. The third-order valence-electron chi connectivity index (χ3n) is 4.33. The Morgan fingerprint density at radius 3 is 2.61 bits per heavy atom. The lowest BCUT2D eigenvalue weighted by molar-refractivity contribution is -0.118. The summed E-state index contributed by atoms with van der Waals surface area (Å²) in [6.45, 7) is 3.11. The smallest absolute Gasteiger partial charge is 0.339 e. The summed E-state index contributed by atoms with van der Waals surface area (Å²) in [5, 5.41) is 3.52. The highest BCUT2D eigenvalue weighted by molar-refractivity contribution is 6.32. The van der Waals surface area contributed by atoms with E-state index in [0.29, 0.717) is 16.5 Å². The molecule has 3 N–H and O–H groups in total. The number of para-hydroxylation sites is 1. The van der Waals surface area contributed by atoms with Crippen molar-refractivity contribution >= 4 is 40.1 Å². The number of aryl methyl sites for hydroxylation is 1. The first-order chi connectivity index (χ1) is 13.3. The molecule has 0 atom stereocenters. The van der Waals surface area contributed by atoms with Crippen molar-refractivity contribution in [1.82, 2.24) is 0 Å². The van der Waals surface area contributed by atoms with Crippen molar-refractivity contribution in [3.8, 4) is 5.75 Å². The van der Waals surface area contributed by atoms with Crippen LogP contribution in [0, 0.1) is 13.8 Å². The number of benzene rings is 2. The fourth-order valence-electron chi connectivity index (χ4n) is 2.69. The van der Waals surface area contributed by atoms with Crippen molar-refractivity contribution in [2.24, 2.45) is 5.73 Å². The molecule has 1 aromatic heterocycles. The number of ether oxygens (including phenoxy) is 1. The summed E-state index contributed by atoms with van der Waals surface area (Å²) in [6, 6.07) is 9.45. The Bertz CT molecular complexity index is 1150. The van der Waals surface area contributed by atoms with Crippen LogP contribution in [0.5, 0.6) is 5.75 Å².